The van der Waals surface area contributed by atoms with Crippen LogP contribution in [-0.4, -0.2) is 45.4 Å². The second kappa shape index (κ2) is 9.17. The van der Waals surface area contributed by atoms with E-state index in [1.54, 1.807) is 0 Å². The van der Waals surface area contributed by atoms with Gasteiger partial charge in [0.05, 0.1) is 27.7 Å². The summed E-state index contributed by atoms with van der Waals surface area (Å²) in [6.07, 6.45) is 8.08. The first-order valence-corrected chi connectivity index (χ1v) is 6.44. The van der Waals surface area contributed by atoms with Crippen molar-refractivity contribution in [1.29, 1.82) is 0 Å². The summed E-state index contributed by atoms with van der Waals surface area (Å²) in [6.45, 7) is 5.22. The van der Waals surface area contributed by atoms with Gasteiger partial charge in [-0.3, -0.25) is 0 Å². The highest BCUT2D eigenvalue weighted by Gasteiger charge is 2.05. The third-order valence-corrected chi connectivity index (χ3v) is 2.55. The first-order chi connectivity index (χ1) is 7.06. The monoisotopic (exact) mass is 216 g/mol. The molecular formula is C13H30NO+. The molecule has 0 aromatic heterocycles. The maximum atomic E-state index is 5.60. The highest BCUT2D eigenvalue weighted by Crippen LogP contribution is 2.04. The molecule has 0 aliphatic rings. The molecule has 0 rings (SSSR count). The van der Waals surface area contributed by atoms with Crippen molar-refractivity contribution in [2.75, 3.05) is 40.9 Å². The molecule has 0 bridgehead atoms. The summed E-state index contributed by atoms with van der Waals surface area (Å²) in [7, 11) is 6.61. The van der Waals surface area contributed by atoms with Gasteiger partial charge in [0, 0.05) is 6.61 Å². The van der Waals surface area contributed by atoms with E-state index in [4.69, 9.17) is 4.74 Å². The summed E-state index contributed by atoms with van der Waals surface area (Å²) in [6, 6.07) is 0. The van der Waals surface area contributed by atoms with Gasteiger partial charge in [0.2, 0.25) is 0 Å². The molecule has 0 saturated heterocycles. The molecule has 0 aromatic rings. The number of quaternary nitrogens is 1. The van der Waals surface area contributed by atoms with Crippen molar-refractivity contribution in [1.82, 2.24) is 0 Å². The average Bonchev–Trinajstić information content (AvgIpc) is 2.14. The predicted molar refractivity (Wildman–Crippen MR) is 67.1 cm³/mol. The van der Waals surface area contributed by atoms with Crippen molar-refractivity contribution in [3.63, 3.8) is 0 Å². The first-order valence-electron chi connectivity index (χ1n) is 6.44. The average molecular weight is 216 g/mol. The summed E-state index contributed by atoms with van der Waals surface area (Å²) in [5, 5.41) is 0. The molecule has 0 saturated carbocycles. The van der Waals surface area contributed by atoms with Crippen LogP contribution in [0.15, 0.2) is 0 Å². The van der Waals surface area contributed by atoms with Crippen molar-refractivity contribution >= 4 is 0 Å². The van der Waals surface area contributed by atoms with Crippen LogP contribution >= 0.6 is 0 Å². The second-order valence-electron chi connectivity index (χ2n) is 5.39. The third-order valence-electron chi connectivity index (χ3n) is 2.55. The van der Waals surface area contributed by atoms with E-state index in [0.29, 0.717) is 0 Å². The fraction of sp³-hybridized carbons (Fsp3) is 1.00. The van der Waals surface area contributed by atoms with Gasteiger partial charge in [-0.2, -0.15) is 0 Å². The Labute approximate surface area is 96.2 Å². The lowest BCUT2D eigenvalue weighted by Gasteiger charge is -2.23. The van der Waals surface area contributed by atoms with E-state index in [-0.39, 0.29) is 0 Å². The van der Waals surface area contributed by atoms with Gasteiger partial charge in [0.15, 0.2) is 0 Å². The third kappa shape index (κ3) is 13.9. The standard InChI is InChI=1S/C13H30NO/c1-5-6-7-8-9-10-12-15-13-11-14(2,3)4/h5-13H2,1-4H3/q+1. The van der Waals surface area contributed by atoms with Crippen LogP contribution in [0, 0.1) is 0 Å². The first kappa shape index (κ1) is 14.9. The molecule has 2 nitrogen and oxygen atoms in total. The molecule has 0 amide bonds. The lowest BCUT2D eigenvalue weighted by atomic mass is 10.1. The number of hydrogen-bond acceptors (Lipinski definition) is 1. The molecule has 15 heavy (non-hydrogen) atoms. The van der Waals surface area contributed by atoms with E-state index in [1.165, 1.54) is 38.5 Å². The van der Waals surface area contributed by atoms with Gasteiger partial charge in [-0.05, 0) is 6.42 Å². The minimum Gasteiger partial charge on any atom is -0.376 e. The smallest absolute Gasteiger partial charge is 0.102 e. The van der Waals surface area contributed by atoms with Crippen LogP contribution in [-0.2, 0) is 4.74 Å². The molecule has 0 N–H and O–H groups in total. The van der Waals surface area contributed by atoms with Crippen LogP contribution in [0.25, 0.3) is 0 Å². The molecule has 0 aromatic carbocycles. The quantitative estimate of drug-likeness (QED) is 0.403. The SMILES string of the molecule is CCCCCCCCOCC[N+](C)(C)C. The summed E-state index contributed by atoms with van der Waals surface area (Å²) >= 11 is 0. The van der Waals surface area contributed by atoms with Crippen molar-refractivity contribution in [2.45, 2.75) is 45.4 Å². The van der Waals surface area contributed by atoms with Gasteiger partial charge in [-0.1, -0.05) is 39.0 Å². The number of nitrogens with zero attached hydrogens (tertiary/aromatic N) is 1. The molecule has 0 atom stereocenters. The molecule has 0 aliphatic heterocycles. The lowest BCUT2D eigenvalue weighted by Crippen LogP contribution is -2.37. The number of hydrogen-bond donors (Lipinski definition) is 0. The van der Waals surface area contributed by atoms with Crippen molar-refractivity contribution < 1.29 is 9.22 Å². The van der Waals surface area contributed by atoms with E-state index in [0.717, 1.165) is 24.2 Å². The number of rotatable bonds is 10. The van der Waals surface area contributed by atoms with Crippen molar-refractivity contribution in [3.05, 3.63) is 0 Å². The summed E-state index contributed by atoms with van der Waals surface area (Å²) in [5.74, 6) is 0. The Morgan fingerprint density at radius 1 is 0.800 bits per heavy atom. The Morgan fingerprint density at radius 3 is 2.00 bits per heavy atom. The minimum absolute atomic E-state index is 0.901. The van der Waals surface area contributed by atoms with Crippen LogP contribution in [0.2, 0.25) is 0 Å². The minimum atomic E-state index is 0.901. The molecule has 0 unspecified atom stereocenters. The fourth-order valence-electron chi connectivity index (χ4n) is 1.42. The van der Waals surface area contributed by atoms with Crippen LogP contribution in [0.4, 0.5) is 0 Å². The van der Waals surface area contributed by atoms with Gasteiger partial charge in [0.25, 0.3) is 0 Å². The van der Waals surface area contributed by atoms with Gasteiger partial charge >= 0.3 is 0 Å². The highest BCUT2D eigenvalue weighted by molar-refractivity contribution is 4.43. The Bertz CT molecular complexity index is 129. The molecular weight excluding hydrogens is 186 g/mol. The second-order valence-corrected chi connectivity index (χ2v) is 5.39. The van der Waals surface area contributed by atoms with Crippen LogP contribution in [0.5, 0.6) is 0 Å². The van der Waals surface area contributed by atoms with Crippen LogP contribution in [0.3, 0.4) is 0 Å². The van der Waals surface area contributed by atoms with E-state index >= 15 is 0 Å². The molecule has 0 heterocycles. The Hall–Kier alpha value is -0.0800. The lowest BCUT2D eigenvalue weighted by molar-refractivity contribution is -0.870. The molecule has 2 heteroatoms. The van der Waals surface area contributed by atoms with E-state index < -0.39 is 0 Å². The molecule has 0 radical (unpaired) electrons. The van der Waals surface area contributed by atoms with E-state index in [9.17, 15) is 0 Å². The number of likely N-dealkylation sites (N-methyl/N-ethyl adjacent to an activating group) is 1. The summed E-state index contributed by atoms with van der Waals surface area (Å²) < 4.78 is 6.60. The summed E-state index contributed by atoms with van der Waals surface area (Å²) in [5.41, 5.74) is 0. The topological polar surface area (TPSA) is 9.23 Å². The fourth-order valence-corrected chi connectivity index (χ4v) is 1.42. The number of unbranched alkanes of at least 4 members (excludes halogenated alkanes) is 5. The van der Waals surface area contributed by atoms with E-state index in [2.05, 4.69) is 28.1 Å². The van der Waals surface area contributed by atoms with E-state index in [1.807, 2.05) is 0 Å². The predicted octanol–water partition coefficient (Wildman–Crippen LogP) is 3.07. The Morgan fingerprint density at radius 2 is 1.40 bits per heavy atom. The number of ether oxygens (including phenoxy) is 1. The normalized spacial score (nSPS) is 12.0. The van der Waals surface area contributed by atoms with Gasteiger partial charge in [-0.25, -0.2) is 0 Å². The van der Waals surface area contributed by atoms with Crippen molar-refractivity contribution in [3.8, 4) is 0 Å². The Balaban J connectivity index is 2.99. The zero-order valence-electron chi connectivity index (χ0n) is 11.2. The summed E-state index contributed by atoms with van der Waals surface area (Å²) in [4.78, 5) is 0. The Kier molecular flexibility index (Phi) is 9.12. The maximum absolute atomic E-state index is 5.60. The van der Waals surface area contributed by atoms with Gasteiger partial charge < -0.3 is 9.22 Å². The van der Waals surface area contributed by atoms with Gasteiger partial charge in [0.1, 0.15) is 6.54 Å². The van der Waals surface area contributed by atoms with Crippen LogP contribution in [0.1, 0.15) is 45.4 Å². The van der Waals surface area contributed by atoms with Gasteiger partial charge in [-0.15, -0.1) is 0 Å². The zero-order chi connectivity index (χ0) is 11.6. The molecule has 0 fully saturated rings. The highest BCUT2D eigenvalue weighted by atomic mass is 16.5. The maximum Gasteiger partial charge on any atom is 0.102 e. The van der Waals surface area contributed by atoms with Crippen molar-refractivity contribution in [2.24, 2.45) is 0 Å². The molecule has 0 spiro atoms. The van der Waals surface area contributed by atoms with Crippen LogP contribution < -0.4 is 0 Å². The molecule has 0 aliphatic carbocycles. The molecule has 92 valence electrons. The largest absolute Gasteiger partial charge is 0.376 e. The zero-order valence-corrected chi connectivity index (χ0v) is 11.2.